The van der Waals surface area contributed by atoms with E-state index in [4.69, 9.17) is 14.4 Å². The molecule has 1 aliphatic heterocycles. The Balaban J connectivity index is 1.88. The number of carboxylic acids is 1. The molecule has 3 rings (SSSR count). The van der Waals surface area contributed by atoms with Gasteiger partial charge in [-0.05, 0) is 30.7 Å². The van der Waals surface area contributed by atoms with Crippen molar-refractivity contribution >= 4 is 5.97 Å². The third-order valence-corrected chi connectivity index (χ3v) is 3.07. The van der Waals surface area contributed by atoms with E-state index in [1.807, 2.05) is 25.1 Å². The van der Waals surface area contributed by atoms with Crippen molar-refractivity contribution in [2.24, 2.45) is 0 Å². The van der Waals surface area contributed by atoms with Gasteiger partial charge in [-0.2, -0.15) is 0 Å². The molecule has 0 bridgehead atoms. The van der Waals surface area contributed by atoms with Crippen molar-refractivity contribution in [1.82, 2.24) is 5.16 Å². The second-order valence-corrected chi connectivity index (χ2v) is 4.71. The maximum Gasteiger partial charge on any atom is 0.309 e. The molecule has 1 aromatic carbocycles. The molecule has 98 valence electrons. The molecule has 2 aromatic rings. The summed E-state index contributed by atoms with van der Waals surface area (Å²) in [5.74, 6) is 0.566. The van der Waals surface area contributed by atoms with Crippen LogP contribution in [0.15, 0.2) is 28.8 Å². The molecule has 5 nitrogen and oxygen atoms in total. The summed E-state index contributed by atoms with van der Waals surface area (Å²) in [5, 5.41) is 12.5. The smallest absolute Gasteiger partial charge is 0.309 e. The van der Waals surface area contributed by atoms with E-state index in [-0.39, 0.29) is 12.5 Å². The van der Waals surface area contributed by atoms with Crippen molar-refractivity contribution in [3.8, 4) is 17.1 Å². The summed E-state index contributed by atoms with van der Waals surface area (Å²) in [6.45, 7) is 2.03. The second kappa shape index (κ2) is 4.42. The first-order chi connectivity index (χ1) is 9.11. The van der Waals surface area contributed by atoms with Gasteiger partial charge in [0, 0.05) is 18.1 Å². The first-order valence-electron chi connectivity index (χ1n) is 6.09. The van der Waals surface area contributed by atoms with Crippen molar-refractivity contribution in [3.05, 3.63) is 35.5 Å². The Bertz CT molecular complexity index is 632. The Labute approximate surface area is 109 Å². The fourth-order valence-corrected chi connectivity index (χ4v) is 2.26. The summed E-state index contributed by atoms with van der Waals surface area (Å²) in [5.41, 5.74) is 2.45. The normalized spacial score (nSPS) is 17.0. The van der Waals surface area contributed by atoms with Crippen LogP contribution in [0.1, 0.15) is 18.2 Å². The summed E-state index contributed by atoms with van der Waals surface area (Å²) < 4.78 is 10.8. The second-order valence-electron chi connectivity index (χ2n) is 4.71. The van der Waals surface area contributed by atoms with E-state index in [1.165, 1.54) is 0 Å². The average molecular weight is 259 g/mol. The average Bonchev–Trinajstić information content (AvgIpc) is 2.92. The number of aromatic nitrogens is 1. The standard InChI is InChI=1S/C14H13NO4/c1-8-4-10-5-9(2-3-12(10)18-8)13-6-11(15-19-13)7-14(16)17/h2-3,5-6,8H,4,7H2,1H3,(H,16,17)/t8-/m0/s1. The van der Waals surface area contributed by atoms with Crippen LogP contribution in [0.25, 0.3) is 11.3 Å². The van der Waals surface area contributed by atoms with E-state index < -0.39 is 5.97 Å². The van der Waals surface area contributed by atoms with Crippen molar-refractivity contribution in [1.29, 1.82) is 0 Å². The highest BCUT2D eigenvalue weighted by atomic mass is 16.5. The zero-order valence-electron chi connectivity index (χ0n) is 10.4. The van der Waals surface area contributed by atoms with Crippen molar-refractivity contribution in [3.63, 3.8) is 0 Å². The fraction of sp³-hybridized carbons (Fsp3) is 0.286. The lowest BCUT2D eigenvalue weighted by atomic mass is 10.1. The molecule has 2 heterocycles. The number of aliphatic carboxylic acids is 1. The molecule has 0 aliphatic carbocycles. The van der Waals surface area contributed by atoms with E-state index in [2.05, 4.69) is 5.16 Å². The number of hydrogen-bond acceptors (Lipinski definition) is 4. The molecule has 5 heteroatoms. The molecule has 0 fully saturated rings. The minimum atomic E-state index is -0.920. The maximum atomic E-state index is 10.6. The van der Waals surface area contributed by atoms with Crippen molar-refractivity contribution in [2.45, 2.75) is 25.9 Å². The number of rotatable bonds is 3. The first kappa shape index (κ1) is 11.8. The van der Waals surface area contributed by atoms with E-state index in [0.717, 1.165) is 23.3 Å². The molecule has 19 heavy (non-hydrogen) atoms. The third-order valence-electron chi connectivity index (χ3n) is 3.07. The fourth-order valence-electron chi connectivity index (χ4n) is 2.26. The van der Waals surface area contributed by atoms with Gasteiger partial charge in [0.1, 0.15) is 11.9 Å². The molecular formula is C14H13NO4. The number of fused-ring (bicyclic) bond motifs is 1. The summed E-state index contributed by atoms with van der Waals surface area (Å²) in [7, 11) is 0. The van der Waals surface area contributed by atoms with Crippen molar-refractivity contribution in [2.75, 3.05) is 0 Å². The highest BCUT2D eigenvalue weighted by Gasteiger charge is 2.20. The molecule has 1 aliphatic rings. The first-order valence-corrected chi connectivity index (χ1v) is 6.09. The van der Waals surface area contributed by atoms with Crippen LogP contribution in [-0.4, -0.2) is 22.3 Å². The van der Waals surface area contributed by atoms with Crippen LogP contribution in [0.3, 0.4) is 0 Å². The quantitative estimate of drug-likeness (QED) is 0.915. The highest BCUT2D eigenvalue weighted by molar-refractivity contribution is 5.70. The Morgan fingerprint density at radius 1 is 1.47 bits per heavy atom. The van der Waals surface area contributed by atoms with E-state index in [1.54, 1.807) is 6.07 Å². The summed E-state index contributed by atoms with van der Waals surface area (Å²) in [4.78, 5) is 10.6. The number of nitrogens with zero attached hydrogens (tertiary/aromatic N) is 1. The number of carboxylic acid groups (broad SMARTS) is 1. The lowest BCUT2D eigenvalue weighted by molar-refractivity contribution is -0.136. The summed E-state index contributed by atoms with van der Waals surface area (Å²) in [6, 6.07) is 7.47. The van der Waals surface area contributed by atoms with Crippen LogP contribution in [0, 0.1) is 0 Å². The van der Waals surface area contributed by atoms with Gasteiger partial charge in [-0.3, -0.25) is 4.79 Å². The Morgan fingerprint density at radius 3 is 3.11 bits per heavy atom. The van der Waals surface area contributed by atoms with Gasteiger partial charge in [-0.25, -0.2) is 0 Å². The molecule has 0 unspecified atom stereocenters. The summed E-state index contributed by atoms with van der Waals surface area (Å²) in [6.07, 6.45) is 0.941. The molecule has 1 atom stereocenters. The van der Waals surface area contributed by atoms with Crippen LogP contribution >= 0.6 is 0 Å². The minimum absolute atomic E-state index is 0.130. The Hall–Kier alpha value is -2.30. The van der Waals surface area contributed by atoms with Gasteiger partial charge >= 0.3 is 5.97 Å². The largest absolute Gasteiger partial charge is 0.490 e. The lowest BCUT2D eigenvalue weighted by Gasteiger charge is -2.02. The number of hydrogen-bond donors (Lipinski definition) is 1. The van der Waals surface area contributed by atoms with E-state index >= 15 is 0 Å². The minimum Gasteiger partial charge on any atom is -0.490 e. The van der Waals surface area contributed by atoms with Gasteiger partial charge in [-0.15, -0.1) is 0 Å². The van der Waals surface area contributed by atoms with Crippen LogP contribution in [0.2, 0.25) is 0 Å². The molecular weight excluding hydrogens is 246 g/mol. The molecule has 0 spiro atoms. The molecule has 0 amide bonds. The molecule has 0 radical (unpaired) electrons. The monoisotopic (exact) mass is 259 g/mol. The van der Waals surface area contributed by atoms with E-state index in [9.17, 15) is 4.79 Å². The van der Waals surface area contributed by atoms with Crippen LogP contribution in [0.4, 0.5) is 0 Å². The Morgan fingerprint density at radius 2 is 2.32 bits per heavy atom. The van der Waals surface area contributed by atoms with Gasteiger partial charge in [-0.1, -0.05) is 5.16 Å². The summed E-state index contributed by atoms with van der Waals surface area (Å²) >= 11 is 0. The van der Waals surface area contributed by atoms with Gasteiger partial charge in [0.2, 0.25) is 0 Å². The van der Waals surface area contributed by atoms with E-state index in [0.29, 0.717) is 11.5 Å². The van der Waals surface area contributed by atoms with Gasteiger partial charge in [0.25, 0.3) is 0 Å². The lowest BCUT2D eigenvalue weighted by Crippen LogP contribution is -2.05. The number of ether oxygens (including phenoxy) is 1. The highest BCUT2D eigenvalue weighted by Crippen LogP contribution is 2.33. The van der Waals surface area contributed by atoms with Crippen LogP contribution in [0.5, 0.6) is 5.75 Å². The predicted molar refractivity (Wildman–Crippen MR) is 67.1 cm³/mol. The number of carbonyl (C=O) groups is 1. The predicted octanol–water partition coefficient (Wildman–Crippen LogP) is 2.29. The topological polar surface area (TPSA) is 72.6 Å². The SMILES string of the molecule is C[C@H]1Cc2cc(-c3cc(CC(=O)O)no3)ccc2O1. The van der Waals surface area contributed by atoms with Gasteiger partial charge in [0.15, 0.2) is 5.76 Å². The molecule has 1 N–H and O–H groups in total. The number of benzene rings is 1. The zero-order valence-corrected chi connectivity index (χ0v) is 10.4. The van der Waals surface area contributed by atoms with Gasteiger partial charge in [0.05, 0.1) is 12.1 Å². The zero-order chi connectivity index (χ0) is 13.4. The van der Waals surface area contributed by atoms with Crippen LogP contribution in [-0.2, 0) is 17.6 Å². The van der Waals surface area contributed by atoms with Gasteiger partial charge < -0.3 is 14.4 Å². The van der Waals surface area contributed by atoms with Crippen molar-refractivity contribution < 1.29 is 19.2 Å². The Kier molecular flexibility index (Phi) is 2.74. The molecule has 1 aromatic heterocycles. The maximum absolute atomic E-state index is 10.6. The third kappa shape index (κ3) is 2.31. The van der Waals surface area contributed by atoms with Crippen LogP contribution < -0.4 is 4.74 Å². The molecule has 0 saturated heterocycles. The molecule has 0 saturated carbocycles.